The Kier molecular flexibility index (Phi) is 6.15. The minimum Gasteiger partial charge on any atom is -0.479 e. The van der Waals surface area contributed by atoms with Gasteiger partial charge in [-0.2, -0.15) is 4.31 Å². The number of anilines is 2. The van der Waals surface area contributed by atoms with Gasteiger partial charge in [0.1, 0.15) is 5.75 Å². The van der Waals surface area contributed by atoms with E-state index in [0.29, 0.717) is 40.6 Å². The molecule has 8 nitrogen and oxygen atoms in total. The number of hydrogen-bond donors (Lipinski definition) is 2. The highest BCUT2D eigenvalue weighted by Crippen LogP contribution is 2.36. The lowest BCUT2D eigenvalue weighted by molar-refractivity contribution is -0.123. The number of para-hydroxylation sites is 1. The topological polar surface area (TPSA) is 105 Å². The van der Waals surface area contributed by atoms with Crippen LogP contribution >= 0.6 is 11.6 Å². The van der Waals surface area contributed by atoms with Crippen molar-refractivity contribution in [1.29, 1.82) is 0 Å². The maximum Gasteiger partial charge on any atom is 0.265 e. The largest absolute Gasteiger partial charge is 0.479 e. The molecular formula is C22H24ClN3O5S. The maximum absolute atomic E-state index is 13.3. The number of carbonyl (C=O) groups is 2. The lowest BCUT2D eigenvalue weighted by Gasteiger charge is -2.31. The fourth-order valence-electron chi connectivity index (χ4n) is 3.92. The first-order valence-electron chi connectivity index (χ1n) is 10.3. The molecule has 2 aromatic rings. The number of sulfonamides is 1. The molecule has 0 radical (unpaired) electrons. The Bertz CT molecular complexity index is 1180. The van der Waals surface area contributed by atoms with Crippen LogP contribution in [0.4, 0.5) is 11.4 Å². The number of nitrogens with zero attached hydrogens (tertiary/aromatic N) is 1. The summed E-state index contributed by atoms with van der Waals surface area (Å²) in [6, 6.07) is 10.1. The van der Waals surface area contributed by atoms with Gasteiger partial charge in [0.15, 0.2) is 6.10 Å². The van der Waals surface area contributed by atoms with Crippen LogP contribution in [0.3, 0.4) is 0 Å². The predicted molar refractivity (Wildman–Crippen MR) is 121 cm³/mol. The van der Waals surface area contributed by atoms with E-state index in [1.807, 2.05) is 0 Å². The molecule has 2 N–H and O–H groups in total. The smallest absolute Gasteiger partial charge is 0.265 e. The average Bonchev–Trinajstić information content (AvgIpc) is 2.76. The monoisotopic (exact) mass is 477 g/mol. The summed E-state index contributed by atoms with van der Waals surface area (Å²) < 4.78 is 33.6. The van der Waals surface area contributed by atoms with Crippen LogP contribution in [-0.2, 0) is 19.6 Å². The number of amides is 2. The summed E-state index contributed by atoms with van der Waals surface area (Å²) in [7, 11) is -3.78. The first-order chi connectivity index (χ1) is 15.2. The first kappa shape index (κ1) is 22.6. The molecule has 1 unspecified atom stereocenters. The molecule has 2 aromatic carbocycles. The van der Waals surface area contributed by atoms with Crippen molar-refractivity contribution >= 4 is 44.8 Å². The maximum atomic E-state index is 13.3. The molecule has 10 heteroatoms. The second-order valence-electron chi connectivity index (χ2n) is 8.01. The van der Waals surface area contributed by atoms with Gasteiger partial charge >= 0.3 is 0 Å². The molecule has 170 valence electrons. The van der Waals surface area contributed by atoms with Gasteiger partial charge in [-0.3, -0.25) is 9.59 Å². The minimum atomic E-state index is -3.78. The highest BCUT2D eigenvalue weighted by Gasteiger charge is 2.34. The van der Waals surface area contributed by atoms with Gasteiger partial charge in [0, 0.05) is 25.1 Å². The standard InChI is InChI=1S/C22H24ClN3O5S/c1-13-11-18-19(31-14(2)21(27)25-18)12-20(13)32(29,30)26-9-7-15(8-10-26)22(28)24-17-6-4-3-5-16(17)23/h3-6,11-12,14-15H,7-10H2,1-2H3,(H,24,28)(H,25,27). The summed E-state index contributed by atoms with van der Waals surface area (Å²) in [5.41, 5.74) is 1.51. The SMILES string of the molecule is Cc1cc2c(cc1S(=O)(=O)N1CCC(C(=O)Nc3ccccc3Cl)CC1)OC(C)C(=O)N2. The van der Waals surface area contributed by atoms with Gasteiger partial charge in [0.2, 0.25) is 15.9 Å². The molecule has 0 aliphatic carbocycles. The number of ether oxygens (including phenoxy) is 1. The number of fused-ring (bicyclic) bond motifs is 1. The van der Waals surface area contributed by atoms with Crippen molar-refractivity contribution in [3.05, 3.63) is 47.0 Å². The summed E-state index contributed by atoms with van der Waals surface area (Å²) in [6.45, 7) is 3.74. The Morgan fingerprint density at radius 2 is 1.91 bits per heavy atom. The number of piperidine rings is 1. The van der Waals surface area contributed by atoms with E-state index in [4.69, 9.17) is 16.3 Å². The predicted octanol–water partition coefficient (Wildman–Crippen LogP) is 3.41. The molecule has 2 amide bonds. The third kappa shape index (κ3) is 4.32. The number of aryl methyl sites for hydroxylation is 1. The van der Waals surface area contributed by atoms with Crippen LogP contribution in [0.15, 0.2) is 41.3 Å². The molecule has 2 aliphatic rings. The second kappa shape index (κ2) is 8.73. The van der Waals surface area contributed by atoms with Crippen molar-refractivity contribution < 1.29 is 22.7 Å². The number of benzene rings is 2. The summed E-state index contributed by atoms with van der Waals surface area (Å²) in [5.74, 6) is -0.417. The Hall–Kier alpha value is -2.62. The van der Waals surface area contributed by atoms with E-state index < -0.39 is 16.1 Å². The van der Waals surface area contributed by atoms with Gasteiger partial charge in [-0.05, 0) is 50.5 Å². The molecule has 1 atom stereocenters. The quantitative estimate of drug-likeness (QED) is 0.702. The van der Waals surface area contributed by atoms with Crippen LogP contribution in [0.1, 0.15) is 25.3 Å². The molecule has 2 aliphatic heterocycles. The number of rotatable bonds is 4. The van der Waals surface area contributed by atoms with Gasteiger partial charge in [-0.15, -0.1) is 0 Å². The number of hydrogen-bond acceptors (Lipinski definition) is 5. The van der Waals surface area contributed by atoms with Crippen molar-refractivity contribution in [2.24, 2.45) is 5.92 Å². The molecule has 0 spiro atoms. The highest BCUT2D eigenvalue weighted by atomic mass is 35.5. The minimum absolute atomic E-state index is 0.138. The van der Waals surface area contributed by atoms with Crippen LogP contribution in [0.2, 0.25) is 5.02 Å². The van der Waals surface area contributed by atoms with Crippen molar-refractivity contribution in [1.82, 2.24) is 4.31 Å². The van der Waals surface area contributed by atoms with E-state index in [2.05, 4.69) is 10.6 Å². The molecular weight excluding hydrogens is 454 g/mol. The van der Waals surface area contributed by atoms with Crippen LogP contribution in [0.5, 0.6) is 5.75 Å². The molecule has 0 bridgehead atoms. The Labute approximate surface area is 191 Å². The highest BCUT2D eigenvalue weighted by molar-refractivity contribution is 7.89. The van der Waals surface area contributed by atoms with Crippen LogP contribution in [0.25, 0.3) is 0 Å². The zero-order valence-electron chi connectivity index (χ0n) is 17.7. The first-order valence-corrected chi connectivity index (χ1v) is 12.2. The lowest BCUT2D eigenvalue weighted by atomic mass is 9.97. The summed E-state index contributed by atoms with van der Waals surface area (Å²) >= 11 is 6.10. The zero-order valence-corrected chi connectivity index (χ0v) is 19.3. The summed E-state index contributed by atoms with van der Waals surface area (Å²) in [6.07, 6.45) is 0.111. The van der Waals surface area contributed by atoms with E-state index in [1.54, 1.807) is 44.2 Å². The van der Waals surface area contributed by atoms with Crippen molar-refractivity contribution in [3.8, 4) is 5.75 Å². The normalized spacial score (nSPS) is 19.6. The lowest BCUT2D eigenvalue weighted by Crippen LogP contribution is -2.41. The zero-order chi connectivity index (χ0) is 23.0. The average molecular weight is 478 g/mol. The van der Waals surface area contributed by atoms with E-state index in [-0.39, 0.29) is 35.7 Å². The molecule has 0 saturated carbocycles. The number of halogens is 1. The van der Waals surface area contributed by atoms with Crippen molar-refractivity contribution in [2.45, 2.75) is 37.7 Å². The summed E-state index contributed by atoms with van der Waals surface area (Å²) in [5, 5.41) is 6.01. The number of carbonyl (C=O) groups excluding carboxylic acids is 2. The van der Waals surface area contributed by atoms with Gasteiger partial charge < -0.3 is 15.4 Å². The van der Waals surface area contributed by atoms with E-state index in [0.717, 1.165) is 0 Å². The van der Waals surface area contributed by atoms with Gasteiger partial charge in [0.25, 0.3) is 5.91 Å². The third-order valence-corrected chi connectivity index (χ3v) is 8.15. The van der Waals surface area contributed by atoms with Crippen LogP contribution < -0.4 is 15.4 Å². The van der Waals surface area contributed by atoms with Crippen LogP contribution in [0, 0.1) is 12.8 Å². The van der Waals surface area contributed by atoms with Gasteiger partial charge in [-0.25, -0.2) is 8.42 Å². The third-order valence-electron chi connectivity index (χ3n) is 5.78. The summed E-state index contributed by atoms with van der Waals surface area (Å²) in [4.78, 5) is 24.6. The van der Waals surface area contributed by atoms with Crippen molar-refractivity contribution in [3.63, 3.8) is 0 Å². The second-order valence-corrected chi connectivity index (χ2v) is 10.3. The molecule has 1 fully saturated rings. The van der Waals surface area contributed by atoms with Crippen molar-refractivity contribution in [2.75, 3.05) is 23.7 Å². The van der Waals surface area contributed by atoms with Crippen LogP contribution in [-0.4, -0.2) is 43.7 Å². The molecule has 32 heavy (non-hydrogen) atoms. The fourth-order valence-corrected chi connectivity index (χ4v) is 5.79. The number of nitrogens with one attached hydrogen (secondary N) is 2. The van der Waals surface area contributed by atoms with Gasteiger partial charge in [-0.1, -0.05) is 23.7 Å². The van der Waals surface area contributed by atoms with Gasteiger partial charge in [0.05, 0.1) is 21.3 Å². The Balaban J connectivity index is 1.46. The molecule has 0 aromatic heterocycles. The fraction of sp³-hybridized carbons (Fsp3) is 0.364. The van der Waals surface area contributed by atoms with E-state index in [1.165, 1.54) is 10.4 Å². The molecule has 2 heterocycles. The van der Waals surface area contributed by atoms with E-state index >= 15 is 0 Å². The molecule has 1 saturated heterocycles. The van der Waals surface area contributed by atoms with E-state index in [9.17, 15) is 18.0 Å². The Morgan fingerprint density at radius 3 is 2.59 bits per heavy atom. The Morgan fingerprint density at radius 1 is 1.22 bits per heavy atom. The molecule has 4 rings (SSSR count).